The lowest BCUT2D eigenvalue weighted by molar-refractivity contribution is -0.149. The summed E-state index contributed by atoms with van der Waals surface area (Å²) in [5.41, 5.74) is 0. The third-order valence-electron chi connectivity index (χ3n) is 2.81. The minimum Gasteiger partial charge on any atom is -0.446 e. The molecule has 0 bridgehead atoms. The molecule has 2 rings (SSSR count). The van der Waals surface area contributed by atoms with Crippen molar-refractivity contribution in [3.8, 4) is 0 Å². The maximum absolute atomic E-state index is 10.9. The van der Waals surface area contributed by atoms with Crippen LogP contribution in [0.2, 0.25) is 0 Å². The van der Waals surface area contributed by atoms with Gasteiger partial charge in [-0.3, -0.25) is 9.69 Å². The van der Waals surface area contributed by atoms with Crippen molar-refractivity contribution in [1.82, 2.24) is 9.80 Å². The molecule has 74 valence electrons. The Balaban J connectivity index is 1.84. The van der Waals surface area contributed by atoms with Gasteiger partial charge in [-0.15, -0.1) is 0 Å². The van der Waals surface area contributed by atoms with E-state index < -0.39 is 0 Å². The van der Waals surface area contributed by atoms with Crippen LogP contribution in [0.5, 0.6) is 0 Å². The molecule has 1 atom stereocenters. The molecule has 0 aliphatic carbocycles. The molecule has 2 fully saturated rings. The summed E-state index contributed by atoms with van der Waals surface area (Å²) in [6.07, 6.45) is 1.54. The third-order valence-corrected chi connectivity index (χ3v) is 2.81. The Morgan fingerprint density at radius 2 is 2.00 bits per heavy atom. The minimum atomic E-state index is -0.0380. The summed E-state index contributed by atoms with van der Waals surface area (Å²) in [5, 5.41) is 0. The number of ether oxygens (including phenoxy) is 1. The number of cyclic esters (lactones) is 1. The van der Waals surface area contributed by atoms with Crippen LogP contribution < -0.4 is 0 Å². The van der Waals surface area contributed by atoms with E-state index in [1.165, 1.54) is 0 Å². The maximum atomic E-state index is 10.9. The fourth-order valence-electron chi connectivity index (χ4n) is 1.88. The zero-order valence-electron chi connectivity index (χ0n) is 8.03. The number of hydrogen-bond acceptors (Lipinski definition) is 4. The number of likely N-dealkylation sites (N-methyl/N-ethyl adjacent to an activating group) is 1. The Hall–Kier alpha value is -0.610. The van der Waals surface area contributed by atoms with Crippen LogP contribution in [0.1, 0.15) is 12.8 Å². The second-order valence-electron chi connectivity index (χ2n) is 3.82. The SMILES string of the molecule is CN1CCN(C2CCC(=O)O2)CC1. The molecule has 1 unspecified atom stereocenters. The van der Waals surface area contributed by atoms with Gasteiger partial charge in [0.25, 0.3) is 0 Å². The Bertz CT molecular complexity index is 200. The van der Waals surface area contributed by atoms with E-state index in [4.69, 9.17) is 4.74 Å². The van der Waals surface area contributed by atoms with E-state index in [1.54, 1.807) is 0 Å². The number of hydrogen-bond donors (Lipinski definition) is 0. The summed E-state index contributed by atoms with van der Waals surface area (Å²) in [4.78, 5) is 15.5. The molecule has 4 heteroatoms. The zero-order valence-corrected chi connectivity index (χ0v) is 8.03. The normalized spacial score (nSPS) is 32.1. The van der Waals surface area contributed by atoms with Gasteiger partial charge in [-0.05, 0) is 7.05 Å². The van der Waals surface area contributed by atoms with E-state index >= 15 is 0 Å². The van der Waals surface area contributed by atoms with E-state index in [9.17, 15) is 4.79 Å². The van der Waals surface area contributed by atoms with Crippen molar-refractivity contribution >= 4 is 5.97 Å². The van der Waals surface area contributed by atoms with Crippen molar-refractivity contribution in [2.75, 3.05) is 33.2 Å². The number of rotatable bonds is 1. The molecule has 0 aromatic rings. The van der Waals surface area contributed by atoms with E-state index in [0.29, 0.717) is 6.42 Å². The maximum Gasteiger partial charge on any atom is 0.307 e. The zero-order chi connectivity index (χ0) is 9.26. The molecular weight excluding hydrogens is 168 g/mol. The smallest absolute Gasteiger partial charge is 0.307 e. The second-order valence-corrected chi connectivity index (χ2v) is 3.82. The Morgan fingerprint density at radius 1 is 1.31 bits per heavy atom. The molecule has 0 aromatic heterocycles. The van der Waals surface area contributed by atoms with Gasteiger partial charge in [0.15, 0.2) is 6.23 Å². The van der Waals surface area contributed by atoms with Crippen molar-refractivity contribution in [3.05, 3.63) is 0 Å². The molecule has 13 heavy (non-hydrogen) atoms. The number of carbonyl (C=O) groups excluding carboxylic acids is 1. The monoisotopic (exact) mass is 184 g/mol. The van der Waals surface area contributed by atoms with Crippen LogP contribution in [0.15, 0.2) is 0 Å². The minimum absolute atomic E-state index is 0.0380. The van der Waals surface area contributed by atoms with Crippen molar-refractivity contribution < 1.29 is 9.53 Å². The molecule has 4 nitrogen and oxygen atoms in total. The first-order valence-electron chi connectivity index (χ1n) is 4.88. The average molecular weight is 184 g/mol. The van der Waals surface area contributed by atoms with Crippen LogP contribution in [-0.2, 0) is 9.53 Å². The molecule has 0 radical (unpaired) electrons. The van der Waals surface area contributed by atoms with Gasteiger partial charge in [0, 0.05) is 32.6 Å². The van der Waals surface area contributed by atoms with Crippen LogP contribution in [0.3, 0.4) is 0 Å². The van der Waals surface area contributed by atoms with Crippen LogP contribution >= 0.6 is 0 Å². The third kappa shape index (κ3) is 2.00. The summed E-state index contributed by atoms with van der Waals surface area (Å²) >= 11 is 0. The summed E-state index contributed by atoms with van der Waals surface area (Å²) in [6, 6.07) is 0. The molecule has 0 saturated carbocycles. The van der Waals surface area contributed by atoms with Crippen LogP contribution in [-0.4, -0.2) is 55.2 Å². The molecule has 2 saturated heterocycles. The standard InChI is InChI=1S/C9H16N2O2/c1-10-4-6-11(7-5-10)8-2-3-9(12)13-8/h8H,2-7H2,1H3. The first-order valence-corrected chi connectivity index (χ1v) is 4.88. The fourth-order valence-corrected chi connectivity index (χ4v) is 1.88. The Labute approximate surface area is 78.4 Å². The molecular formula is C9H16N2O2. The van der Waals surface area contributed by atoms with Crippen molar-refractivity contribution in [2.45, 2.75) is 19.1 Å². The highest BCUT2D eigenvalue weighted by Crippen LogP contribution is 2.18. The lowest BCUT2D eigenvalue weighted by Crippen LogP contribution is -2.48. The van der Waals surface area contributed by atoms with Crippen molar-refractivity contribution in [2.24, 2.45) is 0 Å². The summed E-state index contributed by atoms with van der Waals surface area (Å²) < 4.78 is 5.20. The van der Waals surface area contributed by atoms with Gasteiger partial charge in [-0.2, -0.15) is 0 Å². The number of carbonyl (C=O) groups is 1. The topological polar surface area (TPSA) is 32.8 Å². The second kappa shape index (κ2) is 3.64. The van der Waals surface area contributed by atoms with Crippen LogP contribution in [0.4, 0.5) is 0 Å². The molecule has 2 aliphatic rings. The predicted molar refractivity (Wildman–Crippen MR) is 48.2 cm³/mol. The van der Waals surface area contributed by atoms with E-state index in [0.717, 1.165) is 32.6 Å². The first kappa shape index (κ1) is 8.97. The first-order chi connectivity index (χ1) is 6.25. The molecule has 0 aromatic carbocycles. The van der Waals surface area contributed by atoms with E-state index in [1.807, 2.05) is 0 Å². The highest BCUT2D eigenvalue weighted by molar-refractivity contribution is 5.71. The number of piperazine rings is 1. The summed E-state index contributed by atoms with van der Waals surface area (Å²) in [6.45, 7) is 4.20. The Morgan fingerprint density at radius 3 is 2.54 bits per heavy atom. The van der Waals surface area contributed by atoms with Gasteiger partial charge >= 0.3 is 5.97 Å². The van der Waals surface area contributed by atoms with Crippen LogP contribution in [0.25, 0.3) is 0 Å². The largest absolute Gasteiger partial charge is 0.446 e. The number of esters is 1. The van der Waals surface area contributed by atoms with Gasteiger partial charge in [-0.25, -0.2) is 0 Å². The highest BCUT2D eigenvalue weighted by atomic mass is 16.6. The lowest BCUT2D eigenvalue weighted by Gasteiger charge is -2.35. The lowest BCUT2D eigenvalue weighted by atomic mass is 10.2. The Kier molecular flexibility index (Phi) is 2.51. The van der Waals surface area contributed by atoms with Gasteiger partial charge < -0.3 is 9.64 Å². The molecule has 0 spiro atoms. The molecule has 0 N–H and O–H groups in total. The van der Waals surface area contributed by atoms with Gasteiger partial charge in [0.2, 0.25) is 0 Å². The molecule has 0 amide bonds. The van der Waals surface area contributed by atoms with Crippen molar-refractivity contribution in [1.29, 1.82) is 0 Å². The van der Waals surface area contributed by atoms with Gasteiger partial charge in [-0.1, -0.05) is 0 Å². The van der Waals surface area contributed by atoms with E-state index in [-0.39, 0.29) is 12.2 Å². The summed E-state index contributed by atoms with van der Waals surface area (Å²) in [7, 11) is 2.12. The number of nitrogens with zero attached hydrogens (tertiary/aromatic N) is 2. The molecule has 2 heterocycles. The summed E-state index contributed by atoms with van der Waals surface area (Å²) in [5.74, 6) is -0.0380. The van der Waals surface area contributed by atoms with E-state index in [2.05, 4.69) is 16.8 Å². The van der Waals surface area contributed by atoms with Crippen LogP contribution in [0, 0.1) is 0 Å². The van der Waals surface area contributed by atoms with Gasteiger partial charge in [0.1, 0.15) is 0 Å². The van der Waals surface area contributed by atoms with Crippen molar-refractivity contribution in [3.63, 3.8) is 0 Å². The predicted octanol–water partition coefficient (Wildman–Crippen LogP) is -0.103. The average Bonchev–Trinajstić information content (AvgIpc) is 2.53. The fraction of sp³-hybridized carbons (Fsp3) is 0.889. The molecule has 2 aliphatic heterocycles. The highest BCUT2D eigenvalue weighted by Gasteiger charge is 2.30. The van der Waals surface area contributed by atoms with Gasteiger partial charge in [0.05, 0.1) is 6.42 Å². The quantitative estimate of drug-likeness (QED) is 0.533.